The van der Waals surface area contributed by atoms with Crippen LogP contribution in [-0.4, -0.2) is 115 Å². The molecule has 291 valence electrons. The van der Waals surface area contributed by atoms with E-state index in [1.54, 1.807) is 73.3 Å². The van der Waals surface area contributed by atoms with E-state index in [1.807, 2.05) is 26.8 Å². The summed E-state index contributed by atoms with van der Waals surface area (Å²) in [5.74, 6) is -4.15. The van der Waals surface area contributed by atoms with E-state index in [1.165, 1.54) is 4.90 Å². The second-order valence-corrected chi connectivity index (χ2v) is 16.6. The van der Waals surface area contributed by atoms with Gasteiger partial charge in [0.2, 0.25) is 0 Å². The Kier molecular flexibility index (Phi) is 11.6. The van der Waals surface area contributed by atoms with Crippen molar-refractivity contribution in [3.63, 3.8) is 0 Å². The van der Waals surface area contributed by atoms with Crippen LogP contribution in [0.1, 0.15) is 85.5 Å². The van der Waals surface area contributed by atoms with Gasteiger partial charge < -0.3 is 39.3 Å². The molecular formula is C39H56BN2O11. The Morgan fingerprint density at radius 2 is 1.77 bits per heavy atom. The molecule has 1 aromatic rings. The molecule has 53 heavy (non-hydrogen) atoms. The lowest BCUT2D eigenvalue weighted by Crippen LogP contribution is -2.75. The molecule has 3 fully saturated rings. The van der Waals surface area contributed by atoms with Crippen molar-refractivity contribution in [2.24, 2.45) is 28.1 Å². The predicted octanol–water partition coefficient (Wildman–Crippen LogP) is 3.55. The number of fused-ring (bicyclic) bond motifs is 5. The number of carbonyl (C=O) groups excluding carboxylic acids is 4. The average Bonchev–Trinajstić information content (AvgIpc) is 3.10. The fourth-order valence-electron chi connectivity index (χ4n) is 10.1. The Labute approximate surface area is 312 Å². The number of hydrogen-bond donors (Lipinski definition) is 4. The first-order valence-electron chi connectivity index (χ1n) is 18.6. The summed E-state index contributed by atoms with van der Waals surface area (Å²) < 4.78 is 24.1. The van der Waals surface area contributed by atoms with Crippen LogP contribution >= 0.6 is 0 Å². The van der Waals surface area contributed by atoms with Crippen molar-refractivity contribution in [3.8, 4) is 0 Å². The summed E-state index contributed by atoms with van der Waals surface area (Å²) in [7, 11) is 4.71. The number of ketones is 1. The lowest BCUT2D eigenvalue weighted by Gasteiger charge is -2.68. The molecule has 2 saturated carbocycles. The van der Waals surface area contributed by atoms with Crippen LogP contribution in [0.2, 0.25) is 0 Å². The highest BCUT2D eigenvalue weighted by atomic mass is 16.6. The van der Waals surface area contributed by atoms with Crippen molar-refractivity contribution in [1.29, 1.82) is 0 Å². The first kappa shape index (κ1) is 40.9. The first-order valence-corrected chi connectivity index (χ1v) is 18.6. The van der Waals surface area contributed by atoms with Crippen molar-refractivity contribution in [1.82, 2.24) is 10.4 Å². The van der Waals surface area contributed by atoms with E-state index < -0.39 is 87.7 Å². The first-order chi connectivity index (χ1) is 24.8. The van der Waals surface area contributed by atoms with Gasteiger partial charge in [0.1, 0.15) is 25.6 Å². The van der Waals surface area contributed by atoms with E-state index in [2.05, 4.69) is 5.48 Å². The second kappa shape index (κ2) is 15.1. The highest BCUT2D eigenvalue weighted by Gasteiger charge is 2.73. The minimum Gasteiger partial charge on any atom is -0.455 e. The van der Waals surface area contributed by atoms with Crippen molar-refractivity contribution in [2.45, 2.75) is 116 Å². The summed E-state index contributed by atoms with van der Waals surface area (Å²) in [4.78, 5) is 56.6. The summed E-state index contributed by atoms with van der Waals surface area (Å²) in [6, 6.07) is 8.92. The van der Waals surface area contributed by atoms with E-state index in [-0.39, 0.29) is 37.4 Å². The number of ether oxygens (including phenoxy) is 4. The number of nitrogens with one attached hydrogen (secondary N) is 1. The molecule has 0 unspecified atom stereocenters. The Morgan fingerprint density at radius 1 is 1.11 bits per heavy atom. The van der Waals surface area contributed by atoms with Crippen LogP contribution in [-0.2, 0) is 33.3 Å². The van der Waals surface area contributed by atoms with Crippen LogP contribution in [0, 0.1) is 28.1 Å². The van der Waals surface area contributed by atoms with Gasteiger partial charge in [-0.1, -0.05) is 65.0 Å². The minimum absolute atomic E-state index is 0.0323. The van der Waals surface area contributed by atoms with Crippen LogP contribution in [0.25, 0.3) is 0 Å². The van der Waals surface area contributed by atoms with Crippen LogP contribution in [0.5, 0.6) is 0 Å². The number of aliphatic hydroxyl groups excluding tert-OH is 1. The summed E-state index contributed by atoms with van der Waals surface area (Å²) in [5.41, 5.74) is -1.56. The number of amides is 1. The van der Waals surface area contributed by atoms with Crippen molar-refractivity contribution >= 4 is 31.1 Å². The molecule has 11 atom stereocenters. The predicted molar refractivity (Wildman–Crippen MR) is 194 cm³/mol. The van der Waals surface area contributed by atoms with E-state index in [0.29, 0.717) is 24.2 Å². The van der Waals surface area contributed by atoms with E-state index in [0.717, 1.165) is 0 Å². The molecule has 0 spiro atoms. The van der Waals surface area contributed by atoms with Gasteiger partial charge in [0.05, 0.1) is 23.7 Å². The number of nitrogens with zero attached hydrogens (tertiary/aromatic N) is 1. The molecule has 1 radical (unpaired) electrons. The number of esters is 2. The number of hydroxylamine groups is 1. The molecule has 13 nitrogen and oxygen atoms in total. The fourth-order valence-corrected chi connectivity index (χ4v) is 10.1. The SMILES string of the molecule is CCCC(=O)O[C@@H](C(=O)O[C@H]1C[C@@]2(O)[C@@H](C)[C@@H]3[C@]4(C)CO[C@@H]4C[C@H](OC(=O)N(C)C)[C@@]3(C)C(=O)[C@H](O)C(=C1C)C2(C)C)[C@@H]([B]CNO)c1ccccc1. The zero-order chi connectivity index (χ0) is 39.3. The van der Waals surface area contributed by atoms with Gasteiger partial charge >= 0.3 is 18.0 Å². The molecule has 1 aromatic carbocycles. The zero-order valence-electron chi connectivity index (χ0n) is 32.4. The van der Waals surface area contributed by atoms with Crippen molar-refractivity contribution in [2.75, 3.05) is 27.1 Å². The molecule has 1 aliphatic heterocycles. The third-order valence-electron chi connectivity index (χ3n) is 13.0. The molecule has 0 aromatic heterocycles. The number of Topliss-reactive ketones (excluding diaryl/α,β-unsaturated/α-hetero) is 1. The highest BCUT2D eigenvalue weighted by molar-refractivity contribution is 6.39. The van der Waals surface area contributed by atoms with Gasteiger partial charge in [-0.05, 0) is 55.3 Å². The van der Waals surface area contributed by atoms with E-state index >= 15 is 0 Å². The standard InChI is InChI=1S/C39H56BN2O11/c1-10-14-27(43)53-31(29(40-20-41-49)23-15-12-11-13-16-23)34(46)51-24-18-39(48)22(3)32-37(6)19-50-25(37)17-26(52-35(47)42(8)9)38(32,7)33(45)30(44)28(21(24)2)36(39,4)5/h11-13,15-16,22,24-26,29-32,41,44,48-49H,10,14,17-20H2,1-9H3/t22-,24-,25+,26-,29-,30+,31+,32+,37+,38+,39+/m0/s1. The fraction of sp³-hybridized carbons (Fsp3) is 0.692. The molecule has 4 N–H and O–H groups in total. The van der Waals surface area contributed by atoms with Crippen LogP contribution < -0.4 is 5.48 Å². The van der Waals surface area contributed by atoms with E-state index in [9.17, 15) is 34.6 Å². The maximum atomic E-state index is 15.0. The lowest BCUT2D eigenvalue weighted by atomic mass is 9.40. The molecular weight excluding hydrogens is 683 g/mol. The zero-order valence-corrected chi connectivity index (χ0v) is 32.4. The molecule has 1 amide bonds. The maximum absolute atomic E-state index is 15.0. The van der Waals surface area contributed by atoms with Crippen LogP contribution in [0.4, 0.5) is 4.79 Å². The summed E-state index contributed by atoms with van der Waals surface area (Å²) in [5, 5.41) is 34.9. The van der Waals surface area contributed by atoms with Gasteiger partial charge in [-0.15, -0.1) is 0 Å². The monoisotopic (exact) mass is 739 g/mol. The largest absolute Gasteiger partial charge is 0.455 e. The van der Waals surface area contributed by atoms with Crippen molar-refractivity contribution in [3.05, 3.63) is 47.0 Å². The number of rotatable bonds is 11. The van der Waals surface area contributed by atoms with Crippen LogP contribution in [0.3, 0.4) is 0 Å². The number of benzene rings is 1. The molecule has 4 aliphatic rings. The van der Waals surface area contributed by atoms with Gasteiger partial charge in [-0.2, -0.15) is 0 Å². The Morgan fingerprint density at radius 3 is 2.34 bits per heavy atom. The number of aliphatic hydroxyl groups is 2. The van der Waals surface area contributed by atoms with Gasteiger partial charge in [0.15, 0.2) is 11.9 Å². The van der Waals surface area contributed by atoms with Crippen molar-refractivity contribution < 1.29 is 53.5 Å². The Bertz CT molecular complexity index is 1600. The van der Waals surface area contributed by atoms with Crippen LogP contribution in [0.15, 0.2) is 41.5 Å². The minimum atomic E-state index is -1.74. The van der Waals surface area contributed by atoms with Gasteiger partial charge in [-0.3, -0.25) is 9.59 Å². The summed E-state index contributed by atoms with van der Waals surface area (Å²) in [6.45, 7) is 13.0. The van der Waals surface area contributed by atoms with Gasteiger partial charge in [0.25, 0.3) is 0 Å². The maximum Gasteiger partial charge on any atom is 0.409 e. The third-order valence-corrected chi connectivity index (χ3v) is 13.0. The summed E-state index contributed by atoms with van der Waals surface area (Å²) >= 11 is 0. The quantitative estimate of drug-likeness (QED) is 0.0854. The average molecular weight is 740 g/mol. The number of carbonyl (C=O) groups is 4. The smallest absolute Gasteiger partial charge is 0.409 e. The second-order valence-electron chi connectivity index (χ2n) is 16.6. The third kappa shape index (κ3) is 6.72. The van der Waals surface area contributed by atoms with Gasteiger partial charge in [-0.25, -0.2) is 15.1 Å². The number of hydrogen-bond acceptors (Lipinski definition) is 12. The molecule has 14 heteroatoms. The molecule has 1 heterocycles. The lowest BCUT2D eigenvalue weighted by molar-refractivity contribution is -0.302. The Hall–Kier alpha value is -3.30. The molecule has 1 saturated heterocycles. The highest BCUT2D eigenvalue weighted by Crippen LogP contribution is 2.67. The van der Waals surface area contributed by atoms with E-state index in [4.69, 9.17) is 18.9 Å². The summed E-state index contributed by atoms with van der Waals surface area (Å²) in [6.07, 6.45) is -5.60. The normalized spacial score (nSPS) is 35.6. The Balaban J connectivity index is 1.61. The molecule has 5 rings (SSSR count). The van der Waals surface area contributed by atoms with Gasteiger partial charge in [0, 0.05) is 50.0 Å². The molecule has 3 aliphatic carbocycles. The molecule has 2 bridgehead atoms. The topological polar surface area (TPSA) is 181 Å².